The van der Waals surface area contributed by atoms with Gasteiger partial charge in [-0.05, 0) is 30.7 Å². The van der Waals surface area contributed by atoms with Crippen molar-refractivity contribution in [2.75, 3.05) is 19.8 Å². The average molecular weight is 296 g/mol. The van der Waals surface area contributed by atoms with Crippen molar-refractivity contribution in [2.45, 2.75) is 25.6 Å². The summed E-state index contributed by atoms with van der Waals surface area (Å²) in [7, 11) is 0. The highest BCUT2D eigenvalue weighted by molar-refractivity contribution is 6.30. The monoisotopic (exact) mass is 295 g/mol. The van der Waals surface area contributed by atoms with Crippen molar-refractivity contribution in [3.05, 3.63) is 34.9 Å². The van der Waals surface area contributed by atoms with E-state index in [9.17, 15) is 13.2 Å². The van der Waals surface area contributed by atoms with Crippen LogP contribution in [-0.4, -0.2) is 25.9 Å². The molecule has 0 spiro atoms. The van der Waals surface area contributed by atoms with Gasteiger partial charge in [0.25, 0.3) is 0 Å². The van der Waals surface area contributed by atoms with Crippen LogP contribution in [0.5, 0.6) is 0 Å². The van der Waals surface area contributed by atoms with Crippen molar-refractivity contribution in [2.24, 2.45) is 0 Å². The van der Waals surface area contributed by atoms with Gasteiger partial charge in [0.15, 0.2) is 0 Å². The number of hydrogen-bond acceptors (Lipinski definition) is 2. The molecule has 0 aromatic heterocycles. The Hall–Kier alpha value is -0.780. The van der Waals surface area contributed by atoms with Crippen LogP contribution in [0.3, 0.4) is 0 Å². The van der Waals surface area contributed by atoms with Crippen LogP contribution in [0.2, 0.25) is 5.02 Å². The molecule has 0 saturated heterocycles. The summed E-state index contributed by atoms with van der Waals surface area (Å²) in [5, 5.41) is 3.70. The highest BCUT2D eigenvalue weighted by Crippen LogP contribution is 2.20. The zero-order valence-corrected chi connectivity index (χ0v) is 11.4. The first-order valence-corrected chi connectivity index (χ1v) is 6.43. The van der Waals surface area contributed by atoms with Gasteiger partial charge in [-0.25, -0.2) is 0 Å². The van der Waals surface area contributed by atoms with E-state index in [4.69, 9.17) is 16.3 Å². The van der Waals surface area contributed by atoms with E-state index < -0.39 is 12.8 Å². The summed E-state index contributed by atoms with van der Waals surface area (Å²) in [6.45, 7) is 1.41. The van der Waals surface area contributed by atoms with E-state index in [2.05, 4.69) is 5.32 Å². The molecule has 1 unspecified atom stereocenters. The van der Waals surface area contributed by atoms with E-state index in [-0.39, 0.29) is 12.6 Å². The molecule has 1 aromatic rings. The van der Waals surface area contributed by atoms with E-state index in [1.807, 2.05) is 13.0 Å². The van der Waals surface area contributed by atoms with Gasteiger partial charge in [0.05, 0.1) is 12.6 Å². The summed E-state index contributed by atoms with van der Waals surface area (Å²) in [4.78, 5) is 0. The van der Waals surface area contributed by atoms with Gasteiger partial charge in [-0.1, -0.05) is 30.7 Å². The molecule has 0 amide bonds. The fourth-order valence-corrected chi connectivity index (χ4v) is 1.81. The standard InChI is InChI=1S/C13H17ClF3NO/c1-2-6-18-12(8-19-9-13(15,16)17)10-4-3-5-11(14)7-10/h3-5,7,12,18H,2,6,8-9H2,1H3. The molecule has 1 rings (SSSR count). The molecule has 0 bridgehead atoms. The van der Waals surface area contributed by atoms with Crippen LogP contribution in [-0.2, 0) is 4.74 Å². The van der Waals surface area contributed by atoms with Crippen molar-refractivity contribution in [3.63, 3.8) is 0 Å². The van der Waals surface area contributed by atoms with Crippen LogP contribution in [0.1, 0.15) is 24.9 Å². The maximum atomic E-state index is 12.1. The third-order valence-electron chi connectivity index (χ3n) is 2.44. The normalized spacial score (nSPS) is 13.5. The van der Waals surface area contributed by atoms with E-state index in [0.717, 1.165) is 12.0 Å². The van der Waals surface area contributed by atoms with E-state index in [1.165, 1.54) is 0 Å². The Morgan fingerprint density at radius 1 is 1.37 bits per heavy atom. The molecular formula is C13H17ClF3NO. The van der Waals surface area contributed by atoms with Gasteiger partial charge in [-0.3, -0.25) is 0 Å². The molecule has 1 atom stereocenters. The quantitative estimate of drug-likeness (QED) is 0.822. The Morgan fingerprint density at radius 3 is 2.68 bits per heavy atom. The Kier molecular flexibility index (Phi) is 6.62. The first-order chi connectivity index (χ1) is 8.92. The zero-order valence-electron chi connectivity index (χ0n) is 10.6. The maximum Gasteiger partial charge on any atom is 0.411 e. The van der Waals surface area contributed by atoms with Crippen molar-refractivity contribution in [3.8, 4) is 0 Å². The topological polar surface area (TPSA) is 21.3 Å². The molecule has 0 aliphatic heterocycles. The largest absolute Gasteiger partial charge is 0.411 e. The Bertz CT molecular complexity index is 384. The lowest BCUT2D eigenvalue weighted by atomic mass is 10.1. The van der Waals surface area contributed by atoms with Gasteiger partial charge in [-0.2, -0.15) is 13.2 Å². The molecule has 0 saturated carbocycles. The highest BCUT2D eigenvalue weighted by Gasteiger charge is 2.28. The number of halogens is 4. The fraction of sp³-hybridized carbons (Fsp3) is 0.538. The number of benzene rings is 1. The summed E-state index contributed by atoms with van der Waals surface area (Å²) in [5.41, 5.74) is 0.822. The molecular weight excluding hydrogens is 279 g/mol. The molecule has 108 valence electrons. The fourth-order valence-electron chi connectivity index (χ4n) is 1.61. The summed E-state index contributed by atoms with van der Waals surface area (Å²) in [6, 6.07) is 6.74. The minimum Gasteiger partial charge on any atom is -0.370 e. The third kappa shape index (κ3) is 6.80. The predicted molar refractivity (Wildman–Crippen MR) is 69.4 cm³/mol. The summed E-state index contributed by atoms with van der Waals surface area (Å²) < 4.78 is 40.9. The number of rotatable bonds is 7. The van der Waals surface area contributed by atoms with Crippen molar-refractivity contribution >= 4 is 11.6 Å². The van der Waals surface area contributed by atoms with Crippen LogP contribution in [0.4, 0.5) is 13.2 Å². The molecule has 1 N–H and O–H groups in total. The Morgan fingerprint density at radius 2 is 2.11 bits per heavy atom. The van der Waals surface area contributed by atoms with Gasteiger partial charge in [0.1, 0.15) is 6.61 Å². The number of hydrogen-bond donors (Lipinski definition) is 1. The third-order valence-corrected chi connectivity index (χ3v) is 2.68. The van der Waals surface area contributed by atoms with Crippen molar-refractivity contribution in [1.29, 1.82) is 0 Å². The summed E-state index contributed by atoms with van der Waals surface area (Å²) >= 11 is 5.88. The van der Waals surface area contributed by atoms with E-state index in [1.54, 1.807) is 18.2 Å². The van der Waals surface area contributed by atoms with Crippen LogP contribution in [0.25, 0.3) is 0 Å². The average Bonchev–Trinajstić information content (AvgIpc) is 2.32. The number of ether oxygens (including phenoxy) is 1. The Labute approximate surface area is 115 Å². The molecule has 0 aliphatic rings. The van der Waals surface area contributed by atoms with Crippen LogP contribution in [0.15, 0.2) is 24.3 Å². The number of nitrogens with one attached hydrogen (secondary N) is 1. The van der Waals surface area contributed by atoms with Crippen molar-refractivity contribution < 1.29 is 17.9 Å². The lowest BCUT2D eigenvalue weighted by Gasteiger charge is -2.20. The lowest BCUT2D eigenvalue weighted by Crippen LogP contribution is -2.28. The maximum absolute atomic E-state index is 12.1. The molecule has 0 heterocycles. The molecule has 6 heteroatoms. The highest BCUT2D eigenvalue weighted by atomic mass is 35.5. The second kappa shape index (κ2) is 7.72. The van der Waals surface area contributed by atoms with E-state index >= 15 is 0 Å². The first-order valence-electron chi connectivity index (χ1n) is 6.05. The molecule has 0 radical (unpaired) electrons. The first kappa shape index (κ1) is 16.3. The number of alkyl halides is 3. The van der Waals surface area contributed by atoms with Crippen LogP contribution >= 0.6 is 11.6 Å². The van der Waals surface area contributed by atoms with Crippen LogP contribution in [0, 0.1) is 0 Å². The van der Waals surface area contributed by atoms with Gasteiger partial charge in [0, 0.05) is 5.02 Å². The molecule has 0 fully saturated rings. The van der Waals surface area contributed by atoms with Gasteiger partial charge in [0.2, 0.25) is 0 Å². The van der Waals surface area contributed by atoms with Crippen LogP contribution < -0.4 is 5.32 Å². The smallest absolute Gasteiger partial charge is 0.370 e. The van der Waals surface area contributed by atoms with Gasteiger partial charge >= 0.3 is 6.18 Å². The summed E-state index contributed by atoms with van der Waals surface area (Å²) in [6.07, 6.45) is -3.42. The SMILES string of the molecule is CCCNC(COCC(F)(F)F)c1cccc(Cl)c1. The Balaban J connectivity index is 2.61. The van der Waals surface area contributed by atoms with E-state index in [0.29, 0.717) is 11.6 Å². The van der Waals surface area contributed by atoms with Gasteiger partial charge in [-0.15, -0.1) is 0 Å². The second-order valence-corrected chi connectivity index (χ2v) is 4.63. The second-order valence-electron chi connectivity index (χ2n) is 4.19. The minimum atomic E-state index is -4.30. The molecule has 19 heavy (non-hydrogen) atoms. The molecule has 1 aromatic carbocycles. The predicted octanol–water partition coefficient (Wildman–Crippen LogP) is 3.96. The minimum absolute atomic E-state index is 0.0418. The zero-order chi connectivity index (χ0) is 14.3. The molecule has 2 nitrogen and oxygen atoms in total. The van der Waals surface area contributed by atoms with Gasteiger partial charge < -0.3 is 10.1 Å². The summed E-state index contributed by atoms with van der Waals surface area (Å²) in [5.74, 6) is 0. The van der Waals surface area contributed by atoms with Crippen molar-refractivity contribution in [1.82, 2.24) is 5.32 Å². The lowest BCUT2D eigenvalue weighted by molar-refractivity contribution is -0.175. The molecule has 0 aliphatic carbocycles.